The first kappa shape index (κ1) is 19.3. The Morgan fingerprint density at radius 2 is 1.80 bits per heavy atom. The lowest BCUT2D eigenvalue weighted by molar-refractivity contribution is -0.123. The van der Waals surface area contributed by atoms with Gasteiger partial charge in [0.1, 0.15) is 17.2 Å². The van der Waals surface area contributed by atoms with Gasteiger partial charge in [-0.3, -0.25) is 4.79 Å². The number of hydrogen-bond donors (Lipinski definition) is 1. The molecule has 0 unspecified atom stereocenters. The van der Waals surface area contributed by atoms with E-state index in [1.807, 2.05) is 12.1 Å². The largest absolute Gasteiger partial charge is 0.497 e. The predicted octanol–water partition coefficient (Wildman–Crippen LogP) is 3.76. The normalized spacial score (nSPS) is 10.6. The molecule has 132 valence electrons. The monoisotopic (exact) mass is 470 g/mol. The van der Waals surface area contributed by atoms with E-state index in [1.165, 1.54) is 6.21 Å². The van der Waals surface area contributed by atoms with Crippen molar-refractivity contribution in [1.82, 2.24) is 5.43 Å². The Morgan fingerprint density at radius 3 is 2.44 bits per heavy atom. The van der Waals surface area contributed by atoms with Crippen molar-refractivity contribution in [2.75, 3.05) is 20.8 Å². The number of nitrogens with one attached hydrogen (secondary N) is 1. The van der Waals surface area contributed by atoms with Crippen molar-refractivity contribution < 1.29 is 19.0 Å². The predicted molar refractivity (Wildman–Crippen MR) is 103 cm³/mol. The number of halogens is 2. The number of ether oxygens (including phenoxy) is 3. The minimum absolute atomic E-state index is 0.158. The standard InChI is InChI=1S/C17H16Br2N2O4/c1-23-12-4-6-16(14(19)8-12)25-10-17(22)21-20-9-11-3-5-15(24-2)13(18)7-11/h3-9H,10H2,1-2H3,(H,21,22)/b20-9+. The summed E-state index contributed by atoms with van der Waals surface area (Å²) in [6.07, 6.45) is 1.53. The van der Waals surface area contributed by atoms with Gasteiger partial charge in [0.2, 0.25) is 0 Å². The average Bonchev–Trinajstić information content (AvgIpc) is 2.60. The molecule has 8 heteroatoms. The first-order valence-electron chi connectivity index (χ1n) is 7.15. The molecule has 6 nitrogen and oxygen atoms in total. The zero-order valence-corrected chi connectivity index (χ0v) is 16.8. The van der Waals surface area contributed by atoms with Gasteiger partial charge in [0.05, 0.1) is 29.4 Å². The lowest BCUT2D eigenvalue weighted by Crippen LogP contribution is -2.24. The number of hydrazone groups is 1. The van der Waals surface area contributed by atoms with Crippen molar-refractivity contribution in [2.24, 2.45) is 5.10 Å². The smallest absolute Gasteiger partial charge is 0.277 e. The van der Waals surface area contributed by atoms with Gasteiger partial charge in [0, 0.05) is 0 Å². The topological polar surface area (TPSA) is 69.2 Å². The lowest BCUT2D eigenvalue weighted by atomic mass is 10.2. The van der Waals surface area contributed by atoms with Crippen molar-refractivity contribution in [3.05, 3.63) is 50.9 Å². The maximum atomic E-state index is 11.8. The Labute approximate surface area is 162 Å². The minimum atomic E-state index is -0.369. The summed E-state index contributed by atoms with van der Waals surface area (Å²) in [5.74, 6) is 1.59. The van der Waals surface area contributed by atoms with Gasteiger partial charge < -0.3 is 14.2 Å². The minimum Gasteiger partial charge on any atom is -0.497 e. The fourth-order valence-corrected chi connectivity index (χ4v) is 2.87. The molecule has 0 atom stereocenters. The van der Waals surface area contributed by atoms with E-state index in [4.69, 9.17) is 14.2 Å². The van der Waals surface area contributed by atoms with Gasteiger partial charge in [-0.2, -0.15) is 5.10 Å². The van der Waals surface area contributed by atoms with E-state index in [0.29, 0.717) is 16.0 Å². The zero-order valence-electron chi connectivity index (χ0n) is 13.6. The first-order chi connectivity index (χ1) is 12.0. The van der Waals surface area contributed by atoms with E-state index in [2.05, 4.69) is 42.4 Å². The van der Waals surface area contributed by atoms with E-state index in [-0.39, 0.29) is 12.5 Å². The fourth-order valence-electron chi connectivity index (χ4n) is 1.84. The molecule has 0 heterocycles. The molecule has 0 aliphatic rings. The van der Waals surface area contributed by atoms with Crippen molar-refractivity contribution >= 4 is 44.0 Å². The highest BCUT2D eigenvalue weighted by Gasteiger charge is 2.06. The van der Waals surface area contributed by atoms with Crippen LogP contribution in [-0.2, 0) is 4.79 Å². The highest BCUT2D eigenvalue weighted by atomic mass is 79.9. The molecule has 0 aromatic heterocycles. The molecule has 2 aromatic carbocycles. The van der Waals surface area contributed by atoms with Crippen molar-refractivity contribution in [2.45, 2.75) is 0 Å². The van der Waals surface area contributed by atoms with Crippen LogP contribution < -0.4 is 19.6 Å². The highest BCUT2D eigenvalue weighted by Crippen LogP contribution is 2.29. The van der Waals surface area contributed by atoms with Crippen LogP contribution in [0.4, 0.5) is 0 Å². The Kier molecular flexibility index (Phi) is 7.27. The average molecular weight is 472 g/mol. The summed E-state index contributed by atoms with van der Waals surface area (Å²) in [6.45, 7) is -0.158. The molecular formula is C17H16Br2N2O4. The number of carbonyl (C=O) groups excluding carboxylic acids is 1. The summed E-state index contributed by atoms with van der Waals surface area (Å²) in [7, 11) is 3.17. The maximum Gasteiger partial charge on any atom is 0.277 e. The number of amides is 1. The number of carbonyl (C=O) groups is 1. The number of hydrogen-bond acceptors (Lipinski definition) is 5. The number of nitrogens with zero attached hydrogens (tertiary/aromatic N) is 1. The second-order valence-corrected chi connectivity index (χ2v) is 6.48. The molecule has 0 saturated carbocycles. The molecule has 1 amide bonds. The molecule has 0 spiro atoms. The summed E-state index contributed by atoms with van der Waals surface area (Å²) in [6, 6.07) is 10.7. The molecule has 0 bridgehead atoms. The second-order valence-electron chi connectivity index (χ2n) is 4.77. The van der Waals surface area contributed by atoms with Gasteiger partial charge in [-0.25, -0.2) is 5.43 Å². The van der Waals surface area contributed by atoms with Crippen molar-refractivity contribution in [3.63, 3.8) is 0 Å². The number of methoxy groups -OCH3 is 2. The molecule has 0 aliphatic carbocycles. The second kappa shape index (κ2) is 9.43. The molecule has 2 rings (SSSR count). The van der Waals surface area contributed by atoms with E-state index < -0.39 is 0 Å². The van der Waals surface area contributed by atoms with Crippen LogP contribution in [0.15, 0.2) is 50.4 Å². The third-order valence-electron chi connectivity index (χ3n) is 3.08. The van der Waals surface area contributed by atoms with Crippen molar-refractivity contribution in [1.29, 1.82) is 0 Å². The van der Waals surface area contributed by atoms with Crippen LogP contribution in [0.1, 0.15) is 5.56 Å². The molecule has 0 fully saturated rings. The summed E-state index contributed by atoms with van der Waals surface area (Å²) >= 11 is 6.75. The van der Waals surface area contributed by atoms with Gasteiger partial charge in [0.25, 0.3) is 5.91 Å². The van der Waals surface area contributed by atoms with Crippen molar-refractivity contribution in [3.8, 4) is 17.2 Å². The van der Waals surface area contributed by atoms with Gasteiger partial charge in [-0.05, 0) is 73.8 Å². The Balaban J connectivity index is 1.85. The van der Waals surface area contributed by atoms with Crippen LogP contribution in [0, 0.1) is 0 Å². The molecule has 1 N–H and O–H groups in total. The summed E-state index contributed by atoms with van der Waals surface area (Å²) in [5.41, 5.74) is 3.22. The summed E-state index contributed by atoms with van der Waals surface area (Å²) < 4.78 is 17.2. The quantitative estimate of drug-likeness (QED) is 0.493. The van der Waals surface area contributed by atoms with Gasteiger partial charge in [-0.1, -0.05) is 0 Å². The van der Waals surface area contributed by atoms with Gasteiger partial charge in [0.15, 0.2) is 6.61 Å². The lowest BCUT2D eigenvalue weighted by Gasteiger charge is -2.08. The van der Waals surface area contributed by atoms with Crippen LogP contribution in [0.3, 0.4) is 0 Å². The molecule has 25 heavy (non-hydrogen) atoms. The Morgan fingerprint density at radius 1 is 1.08 bits per heavy atom. The molecule has 0 aliphatic heterocycles. The summed E-state index contributed by atoms with van der Waals surface area (Å²) in [4.78, 5) is 11.8. The van der Waals surface area contributed by atoms with Crippen LogP contribution in [-0.4, -0.2) is 32.9 Å². The van der Waals surface area contributed by atoms with E-state index in [0.717, 1.165) is 15.8 Å². The van der Waals surface area contributed by atoms with Gasteiger partial charge in [-0.15, -0.1) is 0 Å². The molecule has 2 aromatic rings. The van der Waals surface area contributed by atoms with Crippen LogP contribution >= 0.6 is 31.9 Å². The highest BCUT2D eigenvalue weighted by molar-refractivity contribution is 9.10. The van der Waals surface area contributed by atoms with Crippen LogP contribution in [0.5, 0.6) is 17.2 Å². The van der Waals surface area contributed by atoms with Crippen LogP contribution in [0.25, 0.3) is 0 Å². The molecular weight excluding hydrogens is 456 g/mol. The SMILES string of the molecule is COc1ccc(OCC(=O)N/N=C/c2ccc(OC)c(Br)c2)c(Br)c1. The third-order valence-corrected chi connectivity index (χ3v) is 4.32. The van der Waals surface area contributed by atoms with E-state index in [9.17, 15) is 4.79 Å². The third kappa shape index (κ3) is 5.75. The fraction of sp³-hybridized carbons (Fsp3) is 0.176. The number of benzene rings is 2. The van der Waals surface area contributed by atoms with E-state index in [1.54, 1.807) is 38.5 Å². The maximum absolute atomic E-state index is 11.8. The van der Waals surface area contributed by atoms with Gasteiger partial charge >= 0.3 is 0 Å². The Hall–Kier alpha value is -2.06. The number of rotatable bonds is 7. The van der Waals surface area contributed by atoms with Crippen LogP contribution in [0.2, 0.25) is 0 Å². The zero-order chi connectivity index (χ0) is 18.2. The van der Waals surface area contributed by atoms with E-state index >= 15 is 0 Å². The Bertz CT molecular complexity index is 781. The summed E-state index contributed by atoms with van der Waals surface area (Å²) in [5, 5.41) is 3.90. The first-order valence-corrected chi connectivity index (χ1v) is 8.74. The molecule has 0 radical (unpaired) electrons. The molecule has 0 saturated heterocycles.